The molecule has 0 aromatic heterocycles. The molecular formula is C29H33N3O10S. The number of nitrogens with zero attached hydrogens (tertiary/aromatic N) is 2. The monoisotopic (exact) mass is 615 g/mol. The normalized spacial score (nSPS) is 21.7. The Morgan fingerprint density at radius 1 is 1.09 bits per heavy atom. The number of nitrogens with one attached hydrogen (secondary N) is 1. The summed E-state index contributed by atoms with van der Waals surface area (Å²) in [5, 5.41) is 15.5. The van der Waals surface area contributed by atoms with E-state index in [9.17, 15) is 32.7 Å². The highest BCUT2D eigenvalue weighted by molar-refractivity contribution is 7.86. The van der Waals surface area contributed by atoms with Gasteiger partial charge in [0.2, 0.25) is 0 Å². The number of amides is 3. The molecule has 3 atom stereocenters. The molecule has 0 saturated carbocycles. The highest BCUT2D eigenvalue weighted by atomic mass is 32.2. The third-order valence-corrected chi connectivity index (χ3v) is 7.47. The van der Waals surface area contributed by atoms with Gasteiger partial charge in [-0.3, -0.25) is 23.5 Å². The van der Waals surface area contributed by atoms with E-state index in [4.69, 9.17) is 13.7 Å². The summed E-state index contributed by atoms with van der Waals surface area (Å²) in [4.78, 5) is 55.2. The second-order valence-electron chi connectivity index (χ2n) is 10.1. The second kappa shape index (κ2) is 13.4. The summed E-state index contributed by atoms with van der Waals surface area (Å²) in [6.45, 7) is 4.43. The summed E-state index contributed by atoms with van der Waals surface area (Å²) in [6, 6.07) is 12.1. The van der Waals surface area contributed by atoms with E-state index < -0.39 is 70.2 Å². The predicted octanol–water partition coefficient (Wildman–Crippen LogP) is 1.68. The van der Waals surface area contributed by atoms with Gasteiger partial charge < -0.3 is 24.8 Å². The van der Waals surface area contributed by atoms with Crippen molar-refractivity contribution in [1.82, 2.24) is 15.1 Å². The topological polar surface area (TPSA) is 169 Å². The summed E-state index contributed by atoms with van der Waals surface area (Å²) in [7, 11) is -4.26. The van der Waals surface area contributed by atoms with Crippen molar-refractivity contribution in [2.75, 3.05) is 32.5 Å². The van der Waals surface area contributed by atoms with Crippen LogP contribution in [0.15, 0.2) is 66.5 Å². The molecule has 2 aliphatic heterocycles. The number of carbonyl (C=O) groups excluding carboxylic acids is 4. The first kappa shape index (κ1) is 31.7. The lowest BCUT2D eigenvalue weighted by Crippen LogP contribution is -2.59. The molecule has 3 amide bonds. The first-order chi connectivity index (χ1) is 20.4. The molecule has 2 fully saturated rings. The van der Waals surface area contributed by atoms with Crippen molar-refractivity contribution in [1.29, 1.82) is 0 Å². The first-order valence-electron chi connectivity index (χ1n) is 13.5. The molecule has 0 bridgehead atoms. The van der Waals surface area contributed by atoms with Crippen LogP contribution in [0.1, 0.15) is 30.1 Å². The van der Waals surface area contributed by atoms with Crippen molar-refractivity contribution in [3.8, 4) is 0 Å². The largest absolute Gasteiger partial charge is 0.458 e. The second-order valence-corrected chi connectivity index (χ2v) is 11.7. The Morgan fingerprint density at radius 3 is 2.42 bits per heavy atom. The molecular weight excluding hydrogens is 582 g/mol. The Morgan fingerprint density at radius 2 is 1.77 bits per heavy atom. The van der Waals surface area contributed by atoms with Gasteiger partial charge in [0.05, 0.1) is 18.5 Å². The maximum Gasteiger partial charge on any atom is 0.414 e. The average Bonchev–Trinajstić information content (AvgIpc) is 3.50. The predicted molar refractivity (Wildman–Crippen MR) is 154 cm³/mol. The number of hydrogen-bond acceptors (Lipinski definition) is 10. The SMILES string of the molecule is C=CCOC(=O)N1C[C@@H](OC(C)=O)[C@H](OS(C)(=O)=O)[C@H](O)/C1=C(/NC(=O)c1cccc2ccccc12)C(=O)N1CCCC1. The van der Waals surface area contributed by atoms with Gasteiger partial charge in [-0.2, -0.15) is 8.42 Å². The lowest BCUT2D eigenvalue weighted by Gasteiger charge is -2.42. The molecule has 2 heterocycles. The van der Waals surface area contributed by atoms with E-state index in [1.807, 2.05) is 12.1 Å². The number of hydrogen-bond donors (Lipinski definition) is 2. The molecule has 14 heteroatoms. The fraction of sp³-hybridized carbons (Fsp3) is 0.379. The van der Waals surface area contributed by atoms with Crippen LogP contribution in [0, 0.1) is 0 Å². The van der Waals surface area contributed by atoms with Gasteiger partial charge in [0.1, 0.15) is 24.5 Å². The van der Waals surface area contributed by atoms with Gasteiger partial charge in [-0.05, 0) is 29.7 Å². The van der Waals surface area contributed by atoms with Gasteiger partial charge in [-0.15, -0.1) is 0 Å². The number of esters is 1. The van der Waals surface area contributed by atoms with Gasteiger partial charge in [0.15, 0.2) is 6.10 Å². The van der Waals surface area contributed by atoms with Crippen LogP contribution >= 0.6 is 0 Å². The standard InChI is InChI=1S/C29H33N3O10S/c1-4-16-40-29(37)32-17-22(41-18(2)33)26(42-43(3,38)39)25(34)24(32)23(28(36)31-14-7-8-15-31)30-27(35)21-13-9-11-19-10-5-6-12-20(19)21/h4-6,9-13,22,25-26,34H,1,7-8,14-17H2,2-3H3,(H,30,35)/b24-23-/t22-,25-,26+/m1/s1. The van der Waals surface area contributed by atoms with Gasteiger partial charge in [-0.25, -0.2) is 4.79 Å². The van der Waals surface area contributed by atoms with Crippen molar-refractivity contribution in [2.24, 2.45) is 0 Å². The Balaban J connectivity index is 1.90. The number of aliphatic hydroxyl groups is 1. The number of piperidine rings is 1. The van der Waals surface area contributed by atoms with E-state index in [-0.39, 0.29) is 12.2 Å². The molecule has 13 nitrogen and oxygen atoms in total. The van der Waals surface area contributed by atoms with E-state index in [1.165, 1.54) is 11.0 Å². The minimum atomic E-state index is -4.26. The molecule has 0 unspecified atom stereocenters. The average molecular weight is 616 g/mol. The molecule has 0 spiro atoms. The number of ether oxygens (including phenoxy) is 2. The number of fused-ring (bicyclic) bond motifs is 1. The van der Waals surface area contributed by atoms with Crippen LogP contribution in [0.3, 0.4) is 0 Å². The molecule has 2 aromatic rings. The first-order valence-corrected chi connectivity index (χ1v) is 15.3. The molecule has 4 rings (SSSR count). The maximum atomic E-state index is 14.0. The highest BCUT2D eigenvalue weighted by Gasteiger charge is 2.49. The zero-order valence-electron chi connectivity index (χ0n) is 23.7. The van der Waals surface area contributed by atoms with Crippen LogP contribution in [0.4, 0.5) is 4.79 Å². The molecule has 2 aliphatic rings. The zero-order chi connectivity index (χ0) is 31.3. The van der Waals surface area contributed by atoms with Crippen LogP contribution in [-0.2, 0) is 33.4 Å². The summed E-state index contributed by atoms with van der Waals surface area (Å²) in [5.74, 6) is -2.28. The van der Waals surface area contributed by atoms with Crippen LogP contribution in [-0.4, -0.2) is 98.0 Å². The van der Waals surface area contributed by atoms with Crippen LogP contribution in [0.5, 0.6) is 0 Å². The van der Waals surface area contributed by atoms with Crippen LogP contribution in [0.2, 0.25) is 0 Å². The minimum Gasteiger partial charge on any atom is -0.458 e. The Labute approximate surface area is 248 Å². The molecule has 2 aromatic carbocycles. The molecule has 230 valence electrons. The van der Waals surface area contributed by atoms with Crippen molar-refractivity contribution in [3.63, 3.8) is 0 Å². The Hall–Kier alpha value is -4.27. The third-order valence-electron chi connectivity index (χ3n) is 6.90. The van der Waals surface area contributed by atoms with E-state index in [0.717, 1.165) is 23.5 Å². The molecule has 43 heavy (non-hydrogen) atoms. The van der Waals surface area contributed by atoms with Crippen LogP contribution < -0.4 is 5.32 Å². The van der Waals surface area contributed by atoms with Gasteiger partial charge in [0, 0.05) is 25.6 Å². The number of likely N-dealkylation sites (tertiary alicyclic amines) is 2. The summed E-state index contributed by atoms with van der Waals surface area (Å²) in [6.07, 6.45) is -2.99. The summed E-state index contributed by atoms with van der Waals surface area (Å²) >= 11 is 0. The fourth-order valence-corrected chi connectivity index (χ4v) is 5.74. The Kier molecular flexibility index (Phi) is 9.84. The summed E-state index contributed by atoms with van der Waals surface area (Å²) < 4.78 is 39.9. The molecule has 0 aliphatic carbocycles. The lowest BCUT2D eigenvalue weighted by molar-refractivity contribution is -0.159. The van der Waals surface area contributed by atoms with Gasteiger partial charge >= 0.3 is 12.1 Å². The van der Waals surface area contributed by atoms with Crippen molar-refractivity contribution < 1.29 is 46.4 Å². The minimum absolute atomic E-state index is 0.207. The molecule has 2 saturated heterocycles. The molecule has 2 N–H and O–H groups in total. The quantitative estimate of drug-likeness (QED) is 0.193. The number of benzene rings is 2. The van der Waals surface area contributed by atoms with Crippen molar-refractivity contribution >= 4 is 44.8 Å². The van der Waals surface area contributed by atoms with Crippen molar-refractivity contribution in [2.45, 2.75) is 38.1 Å². The van der Waals surface area contributed by atoms with E-state index in [1.54, 1.807) is 30.3 Å². The number of aliphatic hydroxyl groups excluding tert-OH is 1. The highest BCUT2D eigenvalue weighted by Crippen LogP contribution is 2.31. The van der Waals surface area contributed by atoms with E-state index in [2.05, 4.69) is 11.9 Å². The van der Waals surface area contributed by atoms with Crippen LogP contribution in [0.25, 0.3) is 10.8 Å². The van der Waals surface area contributed by atoms with Gasteiger partial charge in [0.25, 0.3) is 21.9 Å². The lowest BCUT2D eigenvalue weighted by atomic mass is 9.96. The summed E-state index contributed by atoms with van der Waals surface area (Å²) in [5.41, 5.74) is -0.749. The zero-order valence-corrected chi connectivity index (χ0v) is 24.5. The van der Waals surface area contributed by atoms with Gasteiger partial charge in [-0.1, -0.05) is 49.1 Å². The van der Waals surface area contributed by atoms with Crippen molar-refractivity contribution in [3.05, 3.63) is 72.1 Å². The Bertz CT molecular complexity index is 1560. The third kappa shape index (κ3) is 7.39. The smallest absolute Gasteiger partial charge is 0.414 e. The maximum absolute atomic E-state index is 14.0. The number of rotatable bonds is 8. The van der Waals surface area contributed by atoms with E-state index in [0.29, 0.717) is 31.3 Å². The fourth-order valence-electron chi connectivity index (χ4n) is 5.11. The molecule has 0 radical (unpaired) electrons. The number of carbonyl (C=O) groups is 4. The van der Waals surface area contributed by atoms with E-state index >= 15 is 0 Å².